The molecule has 0 spiro atoms. The summed E-state index contributed by atoms with van der Waals surface area (Å²) in [6.45, 7) is 0.167. The van der Waals surface area contributed by atoms with Crippen LogP contribution in [0, 0.1) is 10.1 Å². The van der Waals surface area contributed by atoms with E-state index in [0.29, 0.717) is 5.02 Å². The first-order valence-electron chi connectivity index (χ1n) is 10.4. The largest absolute Gasteiger partial charge is 0.465 e. The van der Waals surface area contributed by atoms with Crippen molar-refractivity contribution in [2.24, 2.45) is 0 Å². The van der Waals surface area contributed by atoms with Gasteiger partial charge in [-0.1, -0.05) is 48.0 Å². The molecule has 0 unspecified atom stereocenters. The maximum atomic E-state index is 13.0. The number of non-ortho nitro benzene ring substituents is 1. The lowest BCUT2D eigenvalue weighted by molar-refractivity contribution is -0.384. The molecule has 1 heterocycles. The zero-order chi connectivity index (χ0) is 24.2. The van der Waals surface area contributed by atoms with Crippen LogP contribution in [0.1, 0.15) is 37.8 Å². The lowest BCUT2D eigenvalue weighted by Gasteiger charge is -2.19. The number of nitrogens with zero attached hydrogens (tertiary/aromatic N) is 1. The zero-order valence-corrected chi connectivity index (χ0v) is 18.8. The number of amides is 1. The maximum absolute atomic E-state index is 13.0. The summed E-state index contributed by atoms with van der Waals surface area (Å²) in [6.07, 6.45) is 1.88. The van der Waals surface area contributed by atoms with Crippen molar-refractivity contribution in [2.75, 3.05) is 13.7 Å². The second kappa shape index (κ2) is 9.76. The summed E-state index contributed by atoms with van der Waals surface area (Å²) < 4.78 is 4.65. The molecule has 1 amide bonds. The average molecular weight is 478 g/mol. The Morgan fingerprint density at radius 1 is 1.06 bits per heavy atom. The van der Waals surface area contributed by atoms with E-state index >= 15 is 0 Å². The number of carbonyl (C=O) groups is 2. The molecule has 2 N–H and O–H groups in total. The number of ether oxygens (including phenoxy) is 1. The van der Waals surface area contributed by atoms with Crippen LogP contribution in [0.15, 0.2) is 72.9 Å². The average Bonchev–Trinajstić information content (AvgIpc) is 3.28. The second-order valence-corrected chi connectivity index (χ2v) is 8.00. The van der Waals surface area contributed by atoms with Crippen LogP contribution in [0.2, 0.25) is 5.02 Å². The summed E-state index contributed by atoms with van der Waals surface area (Å²) in [7, 11) is 1.16. The minimum Gasteiger partial charge on any atom is -0.465 e. The third-order valence-electron chi connectivity index (χ3n) is 5.56. The first kappa shape index (κ1) is 23.0. The number of rotatable bonds is 7. The van der Waals surface area contributed by atoms with Crippen molar-refractivity contribution >= 4 is 40.1 Å². The number of hydrogen-bond acceptors (Lipinski definition) is 5. The van der Waals surface area contributed by atoms with Gasteiger partial charge in [-0.2, -0.15) is 0 Å². The van der Waals surface area contributed by atoms with Gasteiger partial charge in [0.2, 0.25) is 0 Å². The number of H-pyrrole nitrogens is 1. The second-order valence-electron chi connectivity index (χ2n) is 7.59. The highest BCUT2D eigenvalue weighted by atomic mass is 35.5. The number of benzene rings is 3. The molecule has 1 aromatic heterocycles. The summed E-state index contributed by atoms with van der Waals surface area (Å²) in [4.78, 5) is 38.8. The minimum absolute atomic E-state index is 0.0218. The molecular weight excluding hydrogens is 458 g/mol. The Morgan fingerprint density at radius 2 is 1.76 bits per heavy atom. The van der Waals surface area contributed by atoms with Gasteiger partial charge in [-0.25, -0.2) is 4.79 Å². The number of para-hydroxylation sites is 1. The molecule has 4 aromatic rings. The highest BCUT2D eigenvalue weighted by Gasteiger charge is 2.23. The molecule has 0 saturated carbocycles. The van der Waals surface area contributed by atoms with Crippen LogP contribution in [0.3, 0.4) is 0 Å². The molecule has 4 rings (SSSR count). The molecular formula is C25H20ClN3O5. The quantitative estimate of drug-likeness (QED) is 0.219. The number of halogens is 1. The van der Waals surface area contributed by atoms with Crippen LogP contribution in [-0.4, -0.2) is 35.4 Å². The molecule has 3 aromatic carbocycles. The summed E-state index contributed by atoms with van der Waals surface area (Å²) >= 11 is 6.50. The topological polar surface area (TPSA) is 114 Å². The standard InChI is InChI=1S/C25H20ClN3O5/c1-34-25(31)16-10-15(11-17(12-16)29(32)33)24(30)28-14-20(18-6-2-4-8-22(18)26)21-13-27-23-9-5-3-7-19(21)23/h2-13,20,27H,14H2,1H3,(H,28,30)/t20-/m0/s1. The van der Waals surface area contributed by atoms with E-state index in [1.165, 1.54) is 6.07 Å². The van der Waals surface area contributed by atoms with E-state index in [9.17, 15) is 19.7 Å². The molecule has 34 heavy (non-hydrogen) atoms. The molecule has 0 saturated heterocycles. The fraction of sp³-hybridized carbons (Fsp3) is 0.120. The van der Waals surface area contributed by atoms with Gasteiger partial charge < -0.3 is 15.0 Å². The lowest BCUT2D eigenvalue weighted by atomic mass is 9.90. The molecule has 0 bridgehead atoms. The van der Waals surface area contributed by atoms with Gasteiger partial charge in [0.1, 0.15) is 0 Å². The smallest absolute Gasteiger partial charge is 0.338 e. The summed E-state index contributed by atoms with van der Waals surface area (Å²) in [5.74, 6) is -1.64. The monoisotopic (exact) mass is 477 g/mol. The number of methoxy groups -OCH3 is 1. The lowest BCUT2D eigenvalue weighted by Crippen LogP contribution is -2.29. The van der Waals surface area contributed by atoms with Crippen LogP contribution >= 0.6 is 11.6 Å². The van der Waals surface area contributed by atoms with Gasteiger partial charge in [-0.15, -0.1) is 0 Å². The SMILES string of the molecule is COC(=O)c1cc(C(=O)NC[C@@H](c2ccccc2Cl)c2c[nH]c3ccccc23)cc([N+](=O)[O-])c1. The predicted molar refractivity (Wildman–Crippen MR) is 128 cm³/mol. The van der Waals surface area contributed by atoms with Gasteiger partial charge in [0.15, 0.2) is 0 Å². The number of nitrogens with one attached hydrogen (secondary N) is 2. The summed E-state index contributed by atoms with van der Waals surface area (Å²) in [6, 6.07) is 18.6. The molecule has 1 atom stereocenters. The van der Waals surface area contributed by atoms with E-state index in [0.717, 1.165) is 41.3 Å². The van der Waals surface area contributed by atoms with E-state index in [2.05, 4.69) is 15.0 Å². The van der Waals surface area contributed by atoms with E-state index in [4.69, 9.17) is 11.6 Å². The fourth-order valence-electron chi connectivity index (χ4n) is 3.91. The Balaban J connectivity index is 1.68. The van der Waals surface area contributed by atoms with Gasteiger partial charge >= 0.3 is 5.97 Å². The highest BCUT2D eigenvalue weighted by Crippen LogP contribution is 2.34. The van der Waals surface area contributed by atoms with Gasteiger partial charge in [-0.3, -0.25) is 14.9 Å². The van der Waals surface area contributed by atoms with Gasteiger partial charge in [0, 0.05) is 52.3 Å². The van der Waals surface area contributed by atoms with Gasteiger partial charge in [0.25, 0.3) is 11.6 Å². The van der Waals surface area contributed by atoms with Crippen molar-refractivity contribution in [1.82, 2.24) is 10.3 Å². The minimum atomic E-state index is -0.773. The molecule has 8 nitrogen and oxygen atoms in total. The Labute approximate surface area is 199 Å². The molecule has 0 aliphatic heterocycles. The van der Waals surface area contributed by atoms with Crippen molar-refractivity contribution in [1.29, 1.82) is 0 Å². The number of hydrogen-bond donors (Lipinski definition) is 2. The molecule has 0 fully saturated rings. The molecule has 172 valence electrons. The Hall–Kier alpha value is -4.17. The Kier molecular flexibility index (Phi) is 6.60. The van der Waals surface area contributed by atoms with Crippen LogP contribution in [0.25, 0.3) is 10.9 Å². The van der Waals surface area contributed by atoms with Crippen LogP contribution in [0.5, 0.6) is 0 Å². The van der Waals surface area contributed by atoms with Crippen LogP contribution in [-0.2, 0) is 4.74 Å². The third kappa shape index (κ3) is 4.62. The van der Waals surface area contributed by atoms with E-state index in [1.807, 2.05) is 48.7 Å². The molecule has 0 aliphatic carbocycles. The normalized spacial score (nSPS) is 11.7. The molecule has 9 heteroatoms. The maximum Gasteiger partial charge on any atom is 0.338 e. The Bertz CT molecular complexity index is 1400. The van der Waals surface area contributed by atoms with Gasteiger partial charge in [-0.05, 0) is 29.3 Å². The molecule has 0 aliphatic rings. The van der Waals surface area contributed by atoms with Crippen molar-refractivity contribution < 1.29 is 19.2 Å². The van der Waals surface area contributed by atoms with E-state index in [1.54, 1.807) is 6.07 Å². The Morgan fingerprint density at radius 3 is 2.50 bits per heavy atom. The van der Waals surface area contributed by atoms with Gasteiger partial charge in [0.05, 0.1) is 17.6 Å². The van der Waals surface area contributed by atoms with E-state index in [-0.39, 0.29) is 29.3 Å². The van der Waals surface area contributed by atoms with E-state index < -0.39 is 16.8 Å². The number of nitro benzene ring substituents is 1. The highest BCUT2D eigenvalue weighted by molar-refractivity contribution is 6.31. The summed E-state index contributed by atoms with van der Waals surface area (Å²) in [5.41, 5.74) is 2.23. The van der Waals surface area contributed by atoms with Crippen LogP contribution < -0.4 is 5.32 Å². The third-order valence-corrected chi connectivity index (χ3v) is 5.90. The van der Waals surface area contributed by atoms with Crippen molar-refractivity contribution in [3.8, 4) is 0 Å². The number of aromatic amines is 1. The first-order valence-corrected chi connectivity index (χ1v) is 10.7. The number of nitro groups is 1. The van der Waals surface area contributed by atoms with Crippen LogP contribution in [0.4, 0.5) is 5.69 Å². The zero-order valence-electron chi connectivity index (χ0n) is 18.1. The predicted octanol–water partition coefficient (Wildman–Crippen LogP) is 5.08. The van der Waals surface area contributed by atoms with Crippen molar-refractivity contribution in [2.45, 2.75) is 5.92 Å². The number of esters is 1. The van der Waals surface area contributed by atoms with Crippen molar-refractivity contribution in [3.05, 3.63) is 110 Å². The number of fused-ring (bicyclic) bond motifs is 1. The first-order chi connectivity index (χ1) is 16.4. The number of carbonyl (C=O) groups excluding carboxylic acids is 2. The summed E-state index contributed by atoms with van der Waals surface area (Å²) in [5, 5.41) is 15.7. The molecule has 0 radical (unpaired) electrons. The number of aromatic nitrogens is 1. The fourth-order valence-corrected chi connectivity index (χ4v) is 4.18. The van der Waals surface area contributed by atoms with Crippen molar-refractivity contribution in [3.63, 3.8) is 0 Å².